The zero-order chi connectivity index (χ0) is 18.1. The first-order valence-electron chi connectivity index (χ1n) is 8.99. The fourth-order valence-corrected chi connectivity index (χ4v) is 3.87. The second kappa shape index (κ2) is 6.90. The highest BCUT2D eigenvalue weighted by Crippen LogP contribution is 2.38. The number of aromatic nitrogens is 2. The Hall–Kier alpha value is -2.70. The molecule has 0 unspecified atom stereocenters. The molecule has 2 aliphatic rings. The Morgan fingerprint density at radius 2 is 1.77 bits per heavy atom. The minimum Gasteiger partial charge on any atom is -0.497 e. The molecule has 0 radical (unpaired) electrons. The summed E-state index contributed by atoms with van der Waals surface area (Å²) >= 11 is 0. The molecule has 4 rings (SSSR count). The predicted molar refractivity (Wildman–Crippen MR) is 92.2 cm³/mol. The molecular formula is C19H21N3O4. The summed E-state index contributed by atoms with van der Waals surface area (Å²) in [6, 6.07) is 7.36. The maximum atomic E-state index is 12.5. The number of amides is 2. The minimum atomic E-state index is -0.117. The van der Waals surface area contributed by atoms with Crippen molar-refractivity contribution in [3.8, 4) is 17.1 Å². The van der Waals surface area contributed by atoms with Crippen LogP contribution in [0.25, 0.3) is 11.4 Å². The number of benzene rings is 1. The number of carbonyl (C=O) groups excluding carboxylic acids is 2. The van der Waals surface area contributed by atoms with E-state index in [9.17, 15) is 9.59 Å². The second-order valence-corrected chi connectivity index (χ2v) is 6.82. The summed E-state index contributed by atoms with van der Waals surface area (Å²) in [7, 11) is 1.61. The minimum absolute atomic E-state index is 0.0328. The van der Waals surface area contributed by atoms with Gasteiger partial charge >= 0.3 is 0 Å². The van der Waals surface area contributed by atoms with Crippen LogP contribution in [0.5, 0.6) is 5.75 Å². The molecule has 1 aliphatic carbocycles. The van der Waals surface area contributed by atoms with Gasteiger partial charge in [-0.2, -0.15) is 4.98 Å². The molecule has 1 saturated heterocycles. The highest BCUT2D eigenvalue weighted by atomic mass is 16.5. The Kier molecular flexibility index (Phi) is 4.44. The van der Waals surface area contributed by atoms with E-state index in [4.69, 9.17) is 9.26 Å². The largest absolute Gasteiger partial charge is 0.497 e. The maximum Gasteiger partial charge on any atom is 0.233 e. The van der Waals surface area contributed by atoms with E-state index < -0.39 is 0 Å². The molecule has 136 valence electrons. The van der Waals surface area contributed by atoms with Gasteiger partial charge in [0.05, 0.1) is 18.9 Å². The van der Waals surface area contributed by atoms with Crippen molar-refractivity contribution in [3.63, 3.8) is 0 Å². The predicted octanol–water partition coefficient (Wildman–Crippen LogP) is 2.46. The van der Waals surface area contributed by atoms with Gasteiger partial charge in [0.2, 0.25) is 23.5 Å². The van der Waals surface area contributed by atoms with Gasteiger partial charge in [-0.15, -0.1) is 0 Å². The van der Waals surface area contributed by atoms with E-state index in [1.54, 1.807) is 7.11 Å². The van der Waals surface area contributed by atoms with Crippen molar-refractivity contribution in [2.24, 2.45) is 11.8 Å². The van der Waals surface area contributed by atoms with Crippen LogP contribution in [-0.4, -0.2) is 40.5 Å². The maximum absolute atomic E-state index is 12.5. The van der Waals surface area contributed by atoms with Crippen molar-refractivity contribution in [2.75, 3.05) is 13.7 Å². The molecule has 7 heteroatoms. The van der Waals surface area contributed by atoms with Gasteiger partial charge < -0.3 is 9.26 Å². The first-order chi connectivity index (χ1) is 12.7. The number of methoxy groups -OCH3 is 1. The van der Waals surface area contributed by atoms with Gasteiger partial charge in [-0.3, -0.25) is 14.5 Å². The summed E-state index contributed by atoms with van der Waals surface area (Å²) < 4.78 is 10.4. The third-order valence-corrected chi connectivity index (χ3v) is 5.30. The van der Waals surface area contributed by atoms with Gasteiger partial charge in [0.1, 0.15) is 5.75 Å². The monoisotopic (exact) mass is 355 g/mol. The van der Waals surface area contributed by atoms with Crippen molar-refractivity contribution >= 4 is 11.8 Å². The average Bonchev–Trinajstić information content (AvgIpc) is 3.25. The molecule has 0 N–H and O–H groups in total. The molecule has 1 aromatic heterocycles. The summed E-state index contributed by atoms with van der Waals surface area (Å²) in [5.74, 6) is 1.36. The molecule has 2 aromatic rings. The summed E-state index contributed by atoms with van der Waals surface area (Å²) in [5, 5.41) is 3.98. The topological polar surface area (TPSA) is 85.5 Å². The second-order valence-electron chi connectivity index (χ2n) is 6.82. The van der Waals surface area contributed by atoms with Crippen LogP contribution in [-0.2, 0) is 16.0 Å². The van der Waals surface area contributed by atoms with Gasteiger partial charge in [-0.25, -0.2) is 0 Å². The van der Waals surface area contributed by atoms with Crippen LogP contribution in [0.3, 0.4) is 0 Å². The van der Waals surface area contributed by atoms with Crippen molar-refractivity contribution in [3.05, 3.63) is 30.2 Å². The van der Waals surface area contributed by atoms with E-state index >= 15 is 0 Å². The van der Waals surface area contributed by atoms with Crippen LogP contribution in [0.15, 0.2) is 28.8 Å². The highest BCUT2D eigenvalue weighted by Gasteiger charge is 2.47. The van der Waals surface area contributed by atoms with Gasteiger partial charge in [-0.1, -0.05) is 18.0 Å². The van der Waals surface area contributed by atoms with Crippen LogP contribution in [0.1, 0.15) is 31.6 Å². The lowest BCUT2D eigenvalue weighted by Crippen LogP contribution is -2.33. The van der Waals surface area contributed by atoms with E-state index in [2.05, 4.69) is 10.1 Å². The molecule has 7 nitrogen and oxygen atoms in total. The number of likely N-dealkylation sites (tertiary alicyclic amines) is 1. The lowest BCUT2D eigenvalue weighted by atomic mass is 9.81. The lowest BCUT2D eigenvalue weighted by molar-refractivity contribution is -0.139. The summed E-state index contributed by atoms with van der Waals surface area (Å²) in [4.78, 5) is 30.7. The Morgan fingerprint density at radius 3 is 2.38 bits per heavy atom. The highest BCUT2D eigenvalue weighted by molar-refractivity contribution is 6.05. The van der Waals surface area contributed by atoms with Crippen molar-refractivity contribution < 1.29 is 18.8 Å². The van der Waals surface area contributed by atoms with E-state index in [0.717, 1.165) is 37.0 Å². The zero-order valence-electron chi connectivity index (χ0n) is 14.7. The van der Waals surface area contributed by atoms with Crippen LogP contribution >= 0.6 is 0 Å². The van der Waals surface area contributed by atoms with Gasteiger partial charge in [0.25, 0.3) is 0 Å². The molecule has 1 aromatic carbocycles. The number of rotatable bonds is 5. The fourth-order valence-electron chi connectivity index (χ4n) is 3.87. The molecule has 1 aliphatic heterocycles. The van der Waals surface area contributed by atoms with Crippen LogP contribution in [0.2, 0.25) is 0 Å². The first-order valence-corrected chi connectivity index (χ1v) is 8.99. The molecule has 26 heavy (non-hydrogen) atoms. The number of hydrogen-bond acceptors (Lipinski definition) is 6. The molecule has 1 saturated carbocycles. The number of hydrogen-bond donors (Lipinski definition) is 0. The Labute approximate surface area is 151 Å². The molecule has 0 bridgehead atoms. The third-order valence-electron chi connectivity index (χ3n) is 5.30. The summed E-state index contributed by atoms with van der Waals surface area (Å²) in [6.07, 6.45) is 4.09. The number of imide groups is 1. The number of fused-ring (bicyclic) bond motifs is 1. The van der Waals surface area contributed by atoms with E-state index in [0.29, 0.717) is 24.7 Å². The van der Waals surface area contributed by atoms with E-state index in [1.807, 2.05) is 24.3 Å². The Morgan fingerprint density at radius 1 is 1.12 bits per heavy atom. The zero-order valence-corrected chi connectivity index (χ0v) is 14.7. The summed E-state index contributed by atoms with van der Waals surface area (Å²) in [6.45, 7) is 0.301. The molecular weight excluding hydrogens is 334 g/mol. The fraction of sp³-hybridized carbons (Fsp3) is 0.474. The van der Waals surface area contributed by atoms with E-state index in [-0.39, 0.29) is 23.7 Å². The third kappa shape index (κ3) is 2.98. The summed E-state index contributed by atoms with van der Waals surface area (Å²) in [5.41, 5.74) is 0.820. The van der Waals surface area contributed by atoms with Crippen molar-refractivity contribution in [2.45, 2.75) is 32.1 Å². The standard InChI is InChI=1S/C19H21N3O4/c1-25-13-8-6-12(7-9-13)17-20-16(26-21-17)10-11-22-18(23)14-4-2-3-5-15(14)19(22)24/h6-9,14-15H,2-5,10-11H2,1H3/t14-,15-/m1/s1. The molecule has 2 fully saturated rings. The van der Waals surface area contributed by atoms with Gasteiger partial charge in [0.15, 0.2) is 0 Å². The average molecular weight is 355 g/mol. The van der Waals surface area contributed by atoms with Crippen LogP contribution in [0.4, 0.5) is 0 Å². The molecule has 2 atom stereocenters. The SMILES string of the molecule is COc1ccc(-c2noc(CCN3C(=O)[C@@H]4CCCC[C@H]4C3=O)n2)cc1. The molecule has 2 heterocycles. The smallest absolute Gasteiger partial charge is 0.233 e. The van der Waals surface area contributed by atoms with Crippen LogP contribution < -0.4 is 4.74 Å². The lowest BCUT2D eigenvalue weighted by Gasteiger charge is -2.19. The Bertz CT molecular complexity index is 790. The molecule has 0 spiro atoms. The van der Waals surface area contributed by atoms with E-state index in [1.165, 1.54) is 4.90 Å². The quantitative estimate of drug-likeness (QED) is 0.766. The number of carbonyl (C=O) groups is 2. The van der Waals surface area contributed by atoms with Crippen molar-refractivity contribution in [1.29, 1.82) is 0 Å². The first kappa shape index (κ1) is 16.8. The number of ether oxygens (including phenoxy) is 1. The van der Waals surface area contributed by atoms with Crippen LogP contribution in [0, 0.1) is 11.8 Å². The number of nitrogens with zero attached hydrogens (tertiary/aromatic N) is 3. The molecule has 2 amide bonds. The van der Waals surface area contributed by atoms with Crippen molar-refractivity contribution in [1.82, 2.24) is 15.0 Å². The van der Waals surface area contributed by atoms with Gasteiger partial charge in [0, 0.05) is 18.5 Å². The normalized spacial score (nSPS) is 22.6. The van der Waals surface area contributed by atoms with Gasteiger partial charge in [-0.05, 0) is 37.1 Å². The Balaban J connectivity index is 1.41.